The van der Waals surface area contributed by atoms with Crippen LogP contribution in [0.3, 0.4) is 0 Å². The second-order valence-electron chi connectivity index (χ2n) is 5.60. The summed E-state index contributed by atoms with van der Waals surface area (Å²) < 4.78 is 29.0. The third-order valence-corrected chi connectivity index (χ3v) is 4.84. The minimum Gasteiger partial charge on any atom is -0.493 e. The summed E-state index contributed by atoms with van der Waals surface area (Å²) in [6, 6.07) is 8.80. The molecule has 0 saturated carbocycles. The molecule has 0 heterocycles. The zero-order chi connectivity index (χ0) is 20.2. The lowest BCUT2D eigenvalue weighted by Gasteiger charge is -2.15. The van der Waals surface area contributed by atoms with E-state index in [9.17, 15) is 18.0 Å². The maximum absolute atomic E-state index is 12.1. The molecule has 0 aliphatic carbocycles. The zero-order valence-corrected chi connectivity index (χ0v) is 16.1. The van der Waals surface area contributed by atoms with Gasteiger partial charge in [0.1, 0.15) is 4.90 Å². The Balaban J connectivity index is 2.13. The molecule has 0 fully saturated rings. The van der Waals surface area contributed by atoms with Crippen molar-refractivity contribution in [3.05, 3.63) is 47.0 Å². The molecule has 2 rings (SSSR count). The highest BCUT2D eigenvalue weighted by Gasteiger charge is 2.19. The molecule has 0 radical (unpaired) electrons. The number of rotatable bonds is 7. The Morgan fingerprint density at radius 1 is 1.19 bits per heavy atom. The highest BCUT2D eigenvalue weighted by atomic mass is 35.5. The summed E-state index contributed by atoms with van der Waals surface area (Å²) >= 11 is 5.97. The number of hydrogen-bond donors (Lipinski definition) is 3. The molecule has 10 heteroatoms. The number of carbonyl (C=O) groups excluding carboxylic acids is 2. The zero-order valence-electron chi connectivity index (χ0n) is 14.6. The standard InChI is InChI=1S/C17H18ClN3O5S/c1-26-16-13(7-11(18)8-14(16)27(2,24)25)20-9-15(22)21-12-5-3-10(4-6-12)17(19)23/h3-8,20H,9H2,1-2H3,(H2,19,23)(H,21,22). The van der Waals surface area contributed by atoms with Crippen LogP contribution in [0.25, 0.3) is 0 Å². The molecule has 8 nitrogen and oxygen atoms in total. The van der Waals surface area contributed by atoms with Crippen molar-refractivity contribution < 1.29 is 22.7 Å². The number of benzene rings is 2. The van der Waals surface area contributed by atoms with Gasteiger partial charge in [0.2, 0.25) is 11.8 Å². The molecule has 2 aromatic carbocycles. The number of carbonyl (C=O) groups is 2. The smallest absolute Gasteiger partial charge is 0.248 e. The van der Waals surface area contributed by atoms with E-state index in [1.165, 1.54) is 31.4 Å². The van der Waals surface area contributed by atoms with Crippen molar-refractivity contribution in [2.24, 2.45) is 5.73 Å². The minimum atomic E-state index is -3.58. The minimum absolute atomic E-state index is 0.0699. The molecular weight excluding hydrogens is 394 g/mol. The number of halogens is 1. The molecule has 0 unspecified atom stereocenters. The van der Waals surface area contributed by atoms with Crippen LogP contribution in [-0.4, -0.2) is 40.1 Å². The molecule has 0 atom stereocenters. The third-order valence-electron chi connectivity index (χ3n) is 3.52. The van der Waals surface area contributed by atoms with Crippen LogP contribution in [0, 0.1) is 0 Å². The van der Waals surface area contributed by atoms with Gasteiger partial charge in [0.05, 0.1) is 19.3 Å². The van der Waals surface area contributed by atoms with Gasteiger partial charge in [-0.3, -0.25) is 9.59 Å². The number of sulfone groups is 1. The van der Waals surface area contributed by atoms with E-state index in [2.05, 4.69) is 10.6 Å². The fourth-order valence-corrected chi connectivity index (χ4v) is 3.44. The first kappa shape index (κ1) is 20.5. The summed E-state index contributed by atoms with van der Waals surface area (Å²) in [5.74, 6) is -0.894. The SMILES string of the molecule is COc1c(NCC(=O)Nc2ccc(C(N)=O)cc2)cc(Cl)cc1S(C)(=O)=O. The second kappa shape index (κ2) is 8.28. The van der Waals surface area contributed by atoms with Crippen LogP contribution in [0.1, 0.15) is 10.4 Å². The number of ether oxygens (including phenoxy) is 1. The van der Waals surface area contributed by atoms with E-state index in [0.29, 0.717) is 11.3 Å². The highest BCUT2D eigenvalue weighted by Crippen LogP contribution is 2.35. The molecule has 0 aliphatic heterocycles. The lowest BCUT2D eigenvalue weighted by Crippen LogP contribution is -2.22. The monoisotopic (exact) mass is 411 g/mol. The van der Waals surface area contributed by atoms with Crippen molar-refractivity contribution in [2.75, 3.05) is 30.5 Å². The Kier molecular flexibility index (Phi) is 6.29. The van der Waals surface area contributed by atoms with Crippen LogP contribution < -0.4 is 21.1 Å². The molecule has 2 amide bonds. The summed E-state index contributed by atoms with van der Waals surface area (Å²) in [6.07, 6.45) is 1.04. The number of amides is 2. The average Bonchev–Trinajstić information content (AvgIpc) is 2.59. The number of nitrogens with two attached hydrogens (primary N) is 1. The summed E-state index contributed by atoms with van der Waals surface area (Å²) in [6.45, 7) is -0.169. The van der Waals surface area contributed by atoms with Gasteiger partial charge < -0.3 is 21.1 Å². The molecule has 27 heavy (non-hydrogen) atoms. The first-order chi connectivity index (χ1) is 12.6. The molecule has 0 bridgehead atoms. The predicted octanol–water partition coefficient (Wildman–Crippen LogP) is 1.90. The average molecular weight is 412 g/mol. The Hall–Kier alpha value is -2.78. The van der Waals surface area contributed by atoms with Crippen molar-refractivity contribution in [2.45, 2.75) is 4.90 Å². The van der Waals surface area contributed by atoms with Crippen molar-refractivity contribution in [3.63, 3.8) is 0 Å². The van der Waals surface area contributed by atoms with Gasteiger partial charge >= 0.3 is 0 Å². The van der Waals surface area contributed by atoms with Crippen LogP contribution >= 0.6 is 11.6 Å². The quantitative estimate of drug-likeness (QED) is 0.638. The number of methoxy groups -OCH3 is 1. The highest BCUT2D eigenvalue weighted by molar-refractivity contribution is 7.90. The first-order valence-corrected chi connectivity index (χ1v) is 9.90. The van der Waals surface area contributed by atoms with Gasteiger partial charge in [0.15, 0.2) is 15.6 Å². The number of hydrogen-bond acceptors (Lipinski definition) is 6. The fraction of sp³-hybridized carbons (Fsp3) is 0.176. The van der Waals surface area contributed by atoms with Crippen molar-refractivity contribution in [1.29, 1.82) is 0 Å². The Bertz CT molecular complexity index is 975. The second-order valence-corrected chi connectivity index (χ2v) is 8.02. The normalized spacial score (nSPS) is 10.9. The van der Waals surface area contributed by atoms with Gasteiger partial charge in [-0.2, -0.15) is 0 Å². The first-order valence-electron chi connectivity index (χ1n) is 7.63. The predicted molar refractivity (Wildman–Crippen MR) is 103 cm³/mol. The van der Waals surface area contributed by atoms with E-state index in [1.807, 2.05) is 0 Å². The summed E-state index contributed by atoms with van der Waals surface area (Å²) in [7, 11) is -2.25. The van der Waals surface area contributed by atoms with Crippen LogP contribution in [0.4, 0.5) is 11.4 Å². The van der Waals surface area contributed by atoms with Gasteiger partial charge in [0.25, 0.3) is 0 Å². The van der Waals surface area contributed by atoms with E-state index in [0.717, 1.165) is 6.26 Å². The molecular formula is C17H18ClN3O5S. The van der Waals surface area contributed by atoms with Crippen molar-refractivity contribution >= 4 is 44.6 Å². The maximum Gasteiger partial charge on any atom is 0.248 e. The lowest BCUT2D eigenvalue weighted by molar-refractivity contribution is -0.114. The summed E-state index contributed by atoms with van der Waals surface area (Å²) in [4.78, 5) is 23.1. The van der Waals surface area contributed by atoms with Gasteiger partial charge in [-0.25, -0.2) is 8.42 Å². The van der Waals surface area contributed by atoms with Crippen LogP contribution in [0.5, 0.6) is 5.75 Å². The van der Waals surface area contributed by atoms with Crippen molar-refractivity contribution in [3.8, 4) is 5.75 Å². The van der Waals surface area contributed by atoms with E-state index in [1.54, 1.807) is 12.1 Å². The largest absolute Gasteiger partial charge is 0.493 e. The van der Waals surface area contributed by atoms with Crippen LogP contribution in [-0.2, 0) is 14.6 Å². The Labute approximate surface area is 161 Å². The van der Waals surface area contributed by atoms with Gasteiger partial charge in [-0.1, -0.05) is 11.6 Å². The lowest BCUT2D eigenvalue weighted by atomic mass is 10.2. The van der Waals surface area contributed by atoms with E-state index < -0.39 is 21.7 Å². The van der Waals surface area contributed by atoms with Gasteiger partial charge in [0, 0.05) is 22.5 Å². The van der Waals surface area contributed by atoms with E-state index in [4.69, 9.17) is 22.1 Å². The van der Waals surface area contributed by atoms with Crippen molar-refractivity contribution in [1.82, 2.24) is 0 Å². The molecule has 0 spiro atoms. The van der Waals surface area contributed by atoms with Crippen LogP contribution in [0.2, 0.25) is 5.02 Å². The van der Waals surface area contributed by atoms with E-state index in [-0.39, 0.29) is 27.9 Å². The Morgan fingerprint density at radius 2 is 1.81 bits per heavy atom. The van der Waals surface area contributed by atoms with E-state index >= 15 is 0 Å². The maximum atomic E-state index is 12.1. The fourth-order valence-electron chi connectivity index (χ4n) is 2.28. The molecule has 0 aliphatic rings. The van der Waals surface area contributed by atoms with Gasteiger partial charge in [-0.05, 0) is 36.4 Å². The Morgan fingerprint density at radius 3 is 2.33 bits per heavy atom. The molecule has 0 aromatic heterocycles. The summed E-state index contributed by atoms with van der Waals surface area (Å²) in [5, 5.41) is 5.62. The number of nitrogens with one attached hydrogen (secondary N) is 2. The van der Waals surface area contributed by atoms with Gasteiger partial charge in [-0.15, -0.1) is 0 Å². The molecule has 4 N–H and O–H groups in total. The van der Waals surface area contributed by atoms with Crippen LogP contribution in [0.15, 0.2) is 41.3 Å². The summed E-state index contributed by atoms with van der Waals surface area (Å²) in [5.41, 5.74) is 6.22. The molecule has 144 valence electrons. The molecule has 0 saturated heterocycles. The third kappa shape index (κ3) is 5.35. The number of anilines is 2. The number of primary amides is 1. The molecule has 2 aromatic rings. The topological polar surface area (TPSA) is 128 Å².